The van der Waals surface area contributed by atoms with E-state index in [4.69, 9.17) is 5.11 Å². The number of hydrogen-bond donors (Lipinski definition) is 1. The van der Waals surface area contributed by atoms with E-state index in [1.807, 2.05) is 0 Å². The third kappa shape index (κ3) is 3.35. The van der Waals surface area contributed by atoms with Crippen LogP contribution in [0.15, 0.2) is 29.2 Å². The average Bonchev–Trinajstić information content (AvgIpc) is 2.01. The Morgan fingerprint density at radius 1 is 0.933 bits per heavy atom. The number of halogens is 5. The largest absolute Gasteiger partial charge is 0.396 e. The summed E-state index contributed by atoms with van der Waals surface area (Å²) in [6.45, 7) is -0.240. The molecular weight excluding hydrogens is 239 g/mol. The smallest absolute Gasteiger partial charge is 0.310 e. The molecule has 15 heavy (non-hydrogen) atoms. The Bertz CT molecular complexity index is 354. The zero-order chi connectivity index (χ0) is 11.8. The second-order valence-electron chi connectivity index (χ2n) is 3.09. The van der Waals surface area contributed by atoms with Crippen LogP contribution in [0.2, 0.25) is 0 Å². The Labute approximate surface area is 83.3 Å². The highest BCUT2D eigenvalue weighted by molar-refractivity contribution is 8.45. The highest BCUT2D eigenvalue weighted by Crippen LogP contribution is 3.02. The van der Waals surface area contributed by atoms with Crippen LogP contribution in [0.3, 0.4) is 0 Å². The van der Waals surface area contributed by atoms with Crippen molar-refractivity contribution in [3.63, 3.8) is 0 Å². The average molecular weight is 248 g/mol. The van der Waals surface area contributed by atoms with E-state index in [0.29, 0.717) is 17.7 Å². The van der Waals surface area contributed by atoms with Gasteiger partial charge in [-0.3, -0.25) is 0 Å². The molecule has 0 saturated carbocycles. The lowest BCUT2D eigenvalue weighted by Crippen LogP contribution is -2.06. The van der Waals surface area contributed by atoms with E-state index in [2.05, 4.69) is 0 Å². The van der Waals surface area contributed by atoms with Gasteiger partial charge < -0.3 is 5.11 Å². The van der Waals surface area contributed by atoms with Gasteiger partial charge in [0, 0.05) is 6.61 Å². The Balaban J connectivity index is 3.11. The third-order valence-electron chi connectivity index (χ3n) is 1.77. The number of aliphatic hydroxyl groups excluding tert-OH is 1. The minimum atomic E-state index is -9.54. The molecule has 0 bridgehead atoms. The van der Waals surface area contributed by atoms with E-state index in [-0.39, 0.29) is 13.0 Å². The van der Waals surface area contributed by atoms with Crippen molar-refractivity contribution in [3.8, 4) is 0 Å². The molecule has 0 aliphatic rings. The molecule has 0 aromatic heterocycles. The topological polar surface area (TPSA) is 20.2 Å². The zero-order valence-electron chi connectivity index (χ0n) is 7.47. The fourth-order valence-electron chi connectivity index (χ4n) is 1.04. The van der Waals surface area contributed by atoms with Crippen molar-refractivity contribution in [2.75, 3.05) is 6.61 Å². The molecule has 7 heteroatoms. The molecule has 0 heterocycles. The Morgan fingerprint density at radius 3 is 1.73 bits per heavy atom. The van der Waals surface area contributed by atoms with Gasteiger partial charge in [-0.1, -0.05) is 31.6 Å². The van der Waals surface area contributed by atoms with Crippen molar-refractivity contribution < 1.29 is 24.5 Å². The van der Waals surface area contributed by atoms with Crippen molar-refractivity contribution in [1.82, 2.24) is 0 Å². The summed E-state index contributed by atoms with van der Waals surface area (Å²) in [5, 5.41) is 8.49. The lowest BCUT2D eigenvalue weighted by molar-refractivity contribution is 0.299. The second-order valence-corrected chi connectivity index (χ2v) is 5.50. The SMILES string of the molecule is OCCc1ccc(S(F)(F)(F)(F)F)cc1. The first-order valence-corrected chi connectivity index (χ1v) is 5.92. The number of rotatable bonds is 3. The van der Waals surface area contributed by atoms with Gasteiger partial charge in [0.15, 0.2) is 0 Å². The molecule has 0 aliphatic heterocycles. The third-order valence-corrected chi connectivity index (χ3v) is 2.93. The highest BCUT2D eigenvalue weighted by Gasteiger charge is 2.65. The summed E-state index contributed by atoms with van der Waals surface area (Å²) in [5.74, 6) is 0. The maximum Gasteiger partial charge on any atom is 0.310 e. The zero-order valence-corrected chi connectivity index (χ0v) is 8.29. The van der Waals surface area contributed by atoms with Crippen LogP contribution in [-0.2, 0) is 6.42 Å². The van der Waals surface area contributed by atoms with Gasteiger partial charge in [0.05, 0.1) is 0 Å². The van der Waals surface area contributed by atoms with Gasteiger partial charge in [-0.25, -0.2) is 0 Å². The molecule has 0 fully saturated rings. The molecule has 0 saturated heterocycles. The first-order valence-electron chi connectivity index (χ1n) is 3.97. The first-order chi connectivity index (χ1) is 6.53. The van der Waals surface area contributed by atoms with E-state index in [1.54, 1.807) is 0 Å². The lowest BCUT2D eigenvalue weighted by Gasteiger charge is -2.40. The van der Waals surface area contributed by atoms with Gasteiger partial charge in [0.1, 0.15) is 4.90 Å². The van der Waals surface area contributed by atoms with Gasteiger partial charge in [0.2, 0.25) is 0 Å². The summed E-state index contributed by atoms with van der Waals surface area (Å²) < 4.78 is 61.1. The molecule has 0 radical (unpaired) electrons. The molecule has 0 unspecified atom stereocenters. The van der Waals surface area contributed by atoms with Crippen LogP contribution in [0, 0.1) is 0 Å². The van der Waals surface area contributed by atoms with Gasteiger partial charge in [-0.15, -0.1) is 0 Å². The molecule has 0 spiro atoms. The standard InChI is InChI=1S/C8H9F5OS/c9-15(10,11,12,13)8-3-1-7(2-4-8)5-6-14/h1-4,14H,5-6H2. The van der Waals surface area contributed by atoms with Crippen molar-refractivity contribution in [3.05, 3.63) is 29.8 Å². The molecule has 0 atom stereocenters. The summed E-state index contributed by atoms with van der Waals surface area (Å²) in [5.41, 5.74) is 0.378. The molecule has 1 N–H and O–H groups in total. The van der Waals surface area contributed by atoms with Crippen LogP contribution in [-0.4, -0.2) is 11.7 Å². The predicted molar refractivity (Wildman–Crippen MR) is 48.6 cm³/mol. The maximum atomic E-state index is 12.2. The fraction of sp³-hybridized carbons (Fsp3) is 0.250. The normalized spacial score (nSPS) is 16.9. The monoisotopic (exact) mass is 248 g/mol. The van der Waals surface area contributed by atoms with Crippen LogP contribution in [0.1, 0.15) is 5.56 Å². The highest BCUT2D eigenvalue weighted by atomic mass is 32.5. The minimum absolute atomic E-state index is 0.139. The van der Waals surface area contributed by atoms with E-state index >= 15 is 0 Å². The second kappa shape index (κ2) is 2.85. The molecule has 0 amide bonds. The number of hydrogen-bond acceptors (Lipinski definition) is 1. The van der Waals surface area contributed by atoms with Crippen LogP contribution >= 0.6 is 10.2 Å². The quantitative estimate of drug-likeness (QED) is 0.805. The van der Waals surface area contributed by atoms with Crippen molar-refractivity contribution in [2.45, 2.75) is 11.3 Å². The first kappa shape index (κ1) is 12.3. The molecule has 1 aromatic rings. The summed E-state index contributed by atoms with van der Waals surface area (Å²) >= 11 is 0. The molecule has 1 aromatic carbocycles. The van der Waals surface area contributed by atoms with Gasteiger partial charge in [0.25, 0.3) is 0 Å². The van der Waals surface area contributed by atoms with Crippen LogP contribution in [0.4, 0.5) is 19.4 Å². The maximum absolute atomic E-state index is 12.2. The minimum Gasteiger partial charge on any atom is -0.396 e. The fourth-order valence-corrected chi connectivity index (χ4v) is 1.69. The van der Waals surface area contributed by atoms with E-state index in [1.165, 1.54) is 0 Å². The Hall–Kier alpha value is -0.820. The van der Waals surface area contributed by atoms with Crippen molar-refractivity contribution >= 4 is 10.2 Å². The number of aliphatic hydroxyl groups is 1. The summed E-state index contributed by atoms with van der Waals surface area (Å²) in [4.78, 5) is -1.91. The van der Waals surface area contributed by atoms with Crippen molar-refractivity contribution in [2.24, 2.45) is 0 Å². The number of benzene rings is 1. The van der Waals surface area contributed by atoms with Gasteiger partial charge >= 0.3 is 10.2 Å². The summed E-state index contributed by atoms with van der Waals surface area (Å²) in [7, 11) is -9.54. The molecule has 88 valence electrons. The van der Waals surface area contributed by atoms with Crippen molar-refractivity contribution in [1.29, 1.82) is 0 Å². The van der Waals surface area contributed by atoms with Gasteiger partial charge in [-0.2, -0.15) is 0 Å². The Kier molecular flexibility index (Phi) is 2.33. The molecule has 1 rings (SSSR count). The molecular formula is C8H9F5OS. The predicted octanol–water partition coefficient (Wildman–Crippen LogP) is 3.88. The van der Waals surface area contributed by atoms with Crippen LogP contribution in [0.5, 0.6) is 0 Å². The van der Waals surface area contributed by atoms with E-state index in [9.17, 15) is 19.4 Å². The van der Waals surface area contributed by atoms with Gasteiger partial charge in [-0.05, 0) is 24.1 Å². The summed E-state index contributed by atoms with van der Waals surface area (Å²) in [6.07, 6.45) is 0.139. The van der Waals surface area contributed by atoms with Crippen LogP contribution in [0.25, 0.3) is 0 Å². The molecule has 1 nitrogen and oxygen atoms in total. The Morgan fingerprint density at radius 2 is 1.40 bits per heavy atom. The lowest BCUT2D eigenvalue weighted by atomic mass is 10.2. The molecule has 0 aliphatic carbocycles. The summed E-state index contributed by atoms with van der Waals surface area (Å²) in [6, 6.07) is 2.55. The van der Waals surface area contributed by atoms with Crippen LogP contribution < -0.4 is 0 Å². The van der Waals surface area contributed by atoms with E-state index in [0.717, 1.165) is 12.1 Å². The van der Waals surface area contributed by atoms with E-state index < -0.39 is 15.1 Å².